The molecule has 0 unspecified atom stereocenters. The molecule has 108 valence electrons. The molecule has 21 heavy (non-hydrogen) atoms. The Kier molecular flexibility index (Phi) is 4.98. The van der Waals surface area contributed by atoms with Crippen molar-refractivity contribution in [3.05, 3.63) is 65.7 Å². The molecule has 0 aliphatic carbocycles. The third-order valence-corrected chi connectivity index (χ3v) is 2.73. The highest BCUT2D eigenvalue weighted by Gasteiger charge is 2.07. The molecule has 1 heterocycles. The molecule has 2 N–H and O–H groups in total. The van der Waals surface area contributed by atoms with Gasteiger partial charge in [-0.15, -0.1) is 0 Å². The van der Waals surface area contributed by atoms with Gasteiger partial charge >= 0.3 is 0 Å². The number of hydrogen-bond acceptors (Lipinski definition) is 3. The van der Waals surface area contributed by atoms with Gasteiger partial charge in [0.05, 0.1) is 6.54 Å². The summed E-state index contributed by atoms with van der Waals surface area (Å²) in [7, 11) is 0. The van der Waals surface area contributed by atoms with Crippen LogP contribution in [-0.4, -0.2) is 23.3 Å². The molecule has 0 radical (unpaired) electrons. The van der Waals surface area contributed by atoms with E-state index in [9.17, 15) is 14.0 Å². The number of benzene rings is 1. The second kappa shape index (κ2) is 7.14. The van der Waals surface area contributed by atoms with E-state index in [0.717, 1.165) is 5.56 Å². The SMILES string of the molecule is O=C(CNC(=O)c1ccc(F)cc1)NCc1cccnc1. The van der Waals surface area contributed by atoms with E-state index in [1.165, 1.54) is 24.3 Å². The average Bonchev–Trinajstić information content (AvgIpc) is 2.52. The summed E-state index contributed by atoms with van der Waals surface area (Å²) < 4.78 is 12.7. The average molecular weight is 287 g/mol. The fourth-order valence-corrected chi connectivity index (χ4v) is 1.63. The Morgan fingerprint density at radius 3 is 2.52 bits per heavy atom. The maximum Gasteiger partial charge on any atom is 0.251 e. The minimum absolute atomic E-state index is 0.142. The second-order valence-corrected chi connectivity index (χ2v) is 4.33. The Labute approximate surface area is 121 Å². The van der Waals surface area contributed by atoms with E-state index in [2.05, 4.69) is 15.6 Å². The zero-order valence-electron chi connectivity index (χ0n) is 11.2. The summed E-state index contributed by atoms with van der Waals surface area (Å²) >= 11 is 0. The van der Waals surface area contributed by atoms with Crippen LogP contribution < -0.4 is 10.6 Å². The fraction of sp³-hybridized carbons (Fsp3) is 0.133. The molecule has 2 rings (SSSR count). The van der Waals surface area contributed by atoms with Crippen molar-refractivity contribution < 1.29 is 14.0 Å². The van der Waals surface area contributed by atoms with Crippen LogP contribution in [-0.2, 0) is 11.3 Å². The van der Waals surface area contributed by atoms with Crippen LogP contribution in [0.15, 0.2) is 48.8 Å². The van der Waals surface area contributed by atoms with Crippen LogP contribution in [0, 0.1) is 5.82 Å². The largest absolute Gasteiger partial charge is 0.350 e. The van der Waals surface area contributed by atoms with Gasteiger partial charge in [0.15, 0.2) is 0 Å². The van der Waals surface area contributed by atoms with Crippen molar-refractivity contribution in [3.8, 4) is 0 Å². The highest BCUT2D eigenvalue weighted by Crippen LogP contribution is 2.02. The summed E-state index contributed by atoms with van der Waals surface area (Å²) in [6, 6.07) is 8.72. The van der Waals surface area contributed by atoms with Crippen LogP contribution in [0.3, 0.4) is 0 Å². The first kappa shape index (κ1) is 14.6. The van der Waals surface area contributed by atoms with Gasteiger partial charge < -0.3 is 10.6 Å². The number of carbonyl (C=O) groups is 2. The first-order valence-corrected chi connectivity index (χ1v) is 6.34. The van der Waals surface area contributed by atoms with Crippen molar-refractivity contribution in [2.75, 3.05) is 6.54 Å². The molecule has 0 spiro atoms. The molecule has 6 heteroatoms. The lowest BCUT2D eigenvalue weighted by molar-refractivity contribution is -0.120. The van der Waals surface area contributed by atoms with Crippen molar-refractivity contribution in [1.82, 2.24) is 15.6 Å². The summed E-state index contributed by atoms with van der Waals surface area (Å²) in [5.41, 5.74) is 1.17. The van der Waals surface area contributed by atoms with Crippen LogP contribution in [0.5, 0.6) is 0 Å². The van der Waals surface area contributed by atoms with E-state index in [4.69, 9.17) is 0 Å². The number of amides is 2. The molecular formula is C15H14FN3O2. The number of carbonyl (C=O) groups excluding carboxylic acids is 2. The summed E-state index contributed by atoms with van der Waals surface area (Å²) in [4.78, 5) is 27.2. The number of rotatable bonds is 5. The maximum absolute atomic E-state index is 12.7. The quantitative estimate of drug-likeness (QED) is 0.870. The first-order valence-electron chi connectivity index (χ1n) is 6.34. The second-order valence-electron chi connectivity index (χ2n) is 4.33. The van der Waals surface area contributed by atoms with Crippen molar-refractivity contribution in [2.24, 2.45) is 0 Å². The highest BCUT2D eigenvalue weighted by atomic mass is 19.1. The molecule has 0 aliphatic rings. The first-order chi connectivity index (χ1) is 10.1. The van der Waals surface area contributed by atoms with E-state index < -0.39 is 11.7 Å². The zero-order valence-corrected chi connectivity index (χ0v) is 11.2. The van der Waals surface area contributed by atoms with E-state index in [1.54, 1.807) is 18.5 Å². The number of aromatic nitrogens is 1. The lowest BCUT2D eigenvalue weighted by Crippen LogP contribution is -2.36. The Morgan fingerprint density at radius 2 is 1.86 bits per heavy atom. The van der Waals surface area contributed by atoms with Crippen LogP contribution in [0.25, 0.3) is 0 Å². The van der Waals surface area contributed by atoms with E-state index in [0.29, 0.717) is 12.1 Å². The van der Waals surface area contributed by atoms with E-state index in [1.807, 2.05) is 6.07 Å². The molecule has 0 aliphatic heterocycles. The summed E-state index contributed by atoms with van der Waals surface area (Å²) in [5.74, 6) is -1.15. The Hall–Kier alpha value is -2.76. The third kappa shape index (κ3) is 4.68. The number of halogens is 1. The lowest BCUT2D eigenvalue weighted by Gasteiger charge is -2.07. The number of pyridine rings is 1. The predicted octanol–water partition coefficient (Wildman–Crippen LogP) is 1.27. The molecule has 5 nitrogen and oxygen atoms in total. The van der Waals surface area contributed by atoms with Crippen molar-refractivity contribution >= 4 is 11.8 Å². The van der Waals surface area contributed by atoms with Gasteiger partial charge in [0, 0.05) is 24.5 Å². The van der Waals surface area contributed by atoms with Gasteiger partial charge in [0.2, 0.25) is 5.91 Å². The van der Waals surface area contributed by atoms with E-state index >= 15 is 0 Å². The van der Waals surface area contributed by atoms with Crippen LogP contribution in [0.2, 0.25) is 0 Å². The summed E-state index contributed by atoms with van der Waals surface area (Å²) in [6.07, 6.45) is 3.30. The summed E-state index contributed by atoms with van der Waals surface area (Å²) in [5, 5.41) is 5.13. The Balaban J connectivity index is 1.76. The maximum atomic E-state index is 12.7. The lowest BCUT2D eigenvalue weighted by atomic mass is 10.2. The summed E-state index contributed by atoms with van der Waals surface area (Å²) in [6.45, 7) is 0.204. The monoisotopic (exact) mass is 287 g/mol. The predicted molar refractivity (Wildman–Crippen MR) is 74.8 cm³/mol. The van der Waals surface area contributed by atoms with Gasteiger partial charge in [-0.3, -0.25) is 14.6 Å². The Bertz CT molecular complexity index is 615. The van der Waals surface area contributed by atoms with Crippen molar-refractivity contribution in [3.63, 3.8) is 0 Å². The van der Waals surface area contributed by atoms with Gasteiger partial charge in [0.1, 0.15) is 5.82 Å². The third-order valence-electron chi connectivity index (χ3n) is 2.73. The Morgan fingerprint density at radius 1 is 1.10 bits per heavy atom. The normalized spacial score (nSPS) is 9.95. The minimum atomic E-state index is -0.425. The number of hydrogen-bond donors (Lipinski definition) is 2. The standard InChI is InChI=1S/C15H14FN3O2/c16-13-5-3-12(4-6-13)15(21)19-10-14(20)18-9-11-2-1-7-17-8-11/h1-8H,9-10H2,(H,18,20)(H,19,21). The van der Waals surface area contributed by atoms with Crippen molar-refractivity contribution in [2.45, 2.75) is 6.54 Å². The molecule has 0 saturated carbocycles. The van der Waals surface area contributed by atoms with E-state index in [-0.39, 0.29) is 12.5 Å². The topological polar surface area (TPSA) is 71.1 Å². The molecule has 0 fully saturated rings. The van der Waals surface area contributed by atoms with Crippen LogP contribution in [0.1, 0.15) is 15.9 Å². The smallest absolute Gasteiger partial charge is 0.251 e. The van der Waals surface area contributed by atoms with Gasteiger partial charge in [-0.1, -0.05) is 6.07 Å². The molecule has 2 amide bonds. The molecule has 0 atom stereocenters. The highest BCUT2D eigenvalue weighted by molar-refractivity contribution is 5.96. The van der Waals surface area contributed by atoms with Crippen LogP contribution in [0.4, 0.5) is 4.39 Å². The molecule has 1 aromatic heterocycles. The van der Waals surface area contributed by atoms with Crippen molar-refractivity contribution in [1.29, 1.82) is 0 Å². The number of nitrogens with one attached hydrogen (secondary N) is 2. The minimum Gasteiger partial charge on any atom is -0.350 e. The van der Waals surface area contributed by atoms with Gasteiger partial charge in [-0.25, -0.2) is 4.39 Å². The zero-order chi connectivity index (χ0) is 15.1. The molecular weight excluding hydrogens is 273 g/mol. The molecule has 2 aromatic rings. The molecule has 0 bridgehead atoms. The van der Waals surface area contributed by atoms with Crippen LogP contribution >= 0.6 is 0 Å². The van der Waals surface area contributed by atoms with Gasteiger partial charge in [-0.05, 0) is 35.9 Å². The molecule has 0 saturated heterocycles. The van der Waals surface area contributed by atoms with Gasteiger partial charge in [0.25, 0.3) is 5.91 Å². The molecule has 1 aromatic carbocycles. The van der Waals surface area contributed by atoms with Gasteiger partial charge in [-0.2, -0.15) is 0 Å². The number of nitrogens with zero attached hydrogens (tertiary/aromatic N) is 1. The fourth-order valence-electron chi connectivity index (χ4n) is 1.63.